The summed E-state index contributed by atoms with van der Waals surface area (Å²) in [5.41, 5.74) is 6.42. The third-order valence-corrected chi connectivity index (χ3v) is 6.52. The van der Waals surface area contributed by atoms with Gasteiger partial charge in [-0.1, -0.05) is 13.0 Å². The van der Waals surface area contributed by atoms with E-state index in [9.17, 15) is 4.79 Å². The summed E-state index contributed by atoms with van der Waals surface area (Å²) in [5, 5.41) is 9.40. The number of hydrogen-bond acceptors (Lipinski definition) is 5. The number of fused-ring (bicyclic) bond motifs is 1. The fourth-order valence-electron chi connectivity index (χ4n) is 3.79. The summed E-state index contributed by atoms with van der Waals surface area (Å²) in [6.07, 6.45) is 5.85. The summed E-state index contributed by atoms with van der Waals surface area (Å²) < 4.78 is 1.78. The van der Waals surface area contributed by atoms with E-state index in [0.717, 1.165) is 55.0 Å². The van der Waals surface area contributed by atoms with Crippen LogP contribution < -0.4 is 5.32 Å². The number of amides is 1. The molecular formula is C22H27N5OS. The summed E-state index contributed by atoms with van der Waals surface area (Å²) in [7, 11) is 1.90. The fraction of sp³-hybridized carbons (Fsp3) is 0.409. The Bertz CT molecular complexity index is 1000. The Morgan fingerprint density at radius 1 is 1.34 bits per heavy atom. The minimum atomic E-state index is 0.0102. The zero-order valence-corrected chi connectivity index (χ0v) is 18.1. The molecule has 1 aliphatic heterocycles. The van der Waals surface area contributed by atoms with Crippen LogP contribution in [0.1, 0.15) is 50.2 Å². The van der Waals surface area contributed by atoms with Crippen molar-refractivity contribution in [2.75, 3.05) is 6.54 Å². The Kier molecular flexibility index (Phi) is 5.78. The van der Waals surface area contributed by atoms with Gasteiger partial charge in [-0.3, -0.25) is 19.4 Å². The second-order valence-electron chi connectivity index (χ2n) is 7.62. The number of carbonyl (C=O) groups is 1. The topological polar surface area (TPSA) is 63.1 Å². The molecule has 3 aromatic rings. The molecule has 0 bridgehead atoms. The van der Waals surface area contributed by atoms with E-state index in [4.69, 9.17) is 0 Å². The Balaban J connectivity index is 1.38. The van der Waals surface area contributed by atoms with Crippen LogP contribution in [0, 0.1) is 6.92 Å². The van der Waals surface area contributed by atoms with Gasteiger partial charge < -0.3 is 5.32 Å². The summed E-state index contributed by atoms with van der Waals surface area (Å²) in [5.74, 6) is 0.0102. The lowest BCUT2D eigenvalue weighted by molar-refractivity contribution is 0.0949. The van der Waals surface area contributed by atoms with Crippen LogP contribution in [0.3, 0.4) is 0 Å². The summed E-state index contributed by atoms with van der Waals surface area (Å²) in [6.45, 7) is 7.30. The molecule has 1 amide bonds. The van der Waals surface area contributed by atoms with E-state index < -0.39 is 0 Å². The number of nitrogens with one attached hydrogen (secondary N) is 1. The van der Waals surface area contributed by atoms with E-state index in [-0.39, 0.29) is 5.91 Å². The first-order valence-corrected chi connectivity index (χ1v) is 10.9. The van der Waals surface area contributed by atoms with E-state index in [1.165, 1.54) is 16.0 Å². The zero-order chi connectivity index (χ0) is 20.4. The summed E-state index contributed by atoms with van der Waals surface area (Å²) in [4.78, 5) is 21.0. The van der Waals surface area contributed by atoms with Crippen LogP contribution in [-0.4, -0.2) is 32.1 Å². The highest BCUT2D eigenvalue weighted by Crippen LogP contribution is 2.29. The average Bonchev–Trinajstić information content (AvgIpc) is 3.28. The molecule has 4 heterocycles. The maximum Gasteiger partial charge on any atom is 0.252 e. The molecular weight excluding hydrogens is 382 g/mol. The van der Waals surface area contributed by atoms with Gasteiger partial charge in [-0.25, -0.2) is 0 Å². The number of rotatable bonds is 6. The smallest absolute Gasteiger partial charge is 0.252 e. The number of hydrogen-bond donors (Lipinski definition) is 1. The molecule has 0 spiro atoms. The number of aromatic nitrogens is 3. The first-order valence-electron chi connectivity index (χ1n) is 10.1. The molecule has 1 aliphatic rings. The molecule has 4 rings (SSSR count). The lowest BCUT2D eigenvalue weighted by Gasteiger charge is -2.27. The van der Waals surface area contributed by atoms with Gasteiger partial charge in [-0.15, -0.1) is 11.3 Å². The molecule has 0 saturated heterocycles. The standard InChI is InChI=1S/C22H27N5OS/c1-4-16-5-6-18(23-9-16)12-27-8-7-19-20(14-29-21(19)13-27)22(28)24-10-17-11-26(3)25-15(17)2/h5-6,9,11,14H,4,7-8,10,12-13H2,1-3H3,(H,24,28). The van der Waals surface area contributed by atoms with Crippen molar-refractivity contribution >= 4 is 17.2 Å². The van der Waals surface area contributed by atoms with E-state index >= 15 is 0 Å². The molecule has 0 aliphatic carbocycles. The van der Waals surface area contributed by atoms with Crippen molar-refractivity contribution < 1.29 is 4.79 Å². The number of aryl methyl sites for hydroxylation is 3. The van der Waals surface area contributed by atoms with Gasteiger partial charge in [-0.05, 0) is 37.0 Å². The van der Waals surface area contributed by atoms with Gasteiger partial charge in [0.05, 0.1) is 17.0 Å². The van der Waals surface area contributed by atoms with Crippen LogP contribution in [0.2, 0.25) is 0 Å². The largest absolute Gasteiger partial charge is 0.348 e. The second-order valence-corrected chi connectivity index (χ2v) is 8.58. The number of thiophene rings is 1. The van der Waals surface area contributed by atoms with E-state index in [0.29, 0.717) is 6.54 Å². The molecule has 0 aromatic carbocycles. The Morgan fingerprint density at radius 3 is 2.90 bits per heavy atom. The van der Waals surface area contributed by atoms with Gasteiger partial charge in [0.15, 0.2) is 0 Å². The van der Waals surface area contributed by atoms with Crippen LogP contribution in [0.5, 0.6) is 0 Å². The maximum atomic E-state index is 12.7. The molecule has 7 heteroatoms. The van der Waals surface area contributed by atoms with E-state index in [1.54, 1.807) is 16.0 Å². The van der Waals surface area contributed by atoms with Crippen LogP contribution in [-0.2, 0) is 39.5 Å². The van der Waals surface area contributed by atoms with Gasteiger partial charge in [0.1, 0.15) is 0 Å². The predicted octanol–water partition coefficient (Wildman–Crippen LogP) is 3.24. The van der Waals surface area contributed by atoms with Gasteiger partial charge in [0.2, 0.25) is 0 Å². The van der Waals surface area contributed by atoms with E-state index in [1.807, 2.05) is 31.7 Å². The SMILES string of the molecule is CCc1ccc(CN2CCc3c(C(=O)NCc4cn(C)nc4C)csc3C2)nc1. The molecule has 0 saturated carbocycles. The third kappa shape index (κ3) is 4.41. The van der Waals surface area contributed by atoms with Crippen molar-refractivity contribution in [2.24, 2.45) is 7.05 Å². The third-order valence-electron chi connectivity index (χ3n) is 5.50. The van der Waals surface area contributed by atoms with Gasteiger partial charge >= 0.3 is 0 Å². The van der Waals surface area contributed by atoms with Crippen molar-refractivity contribution in [3.8, 4) is 0 Å². The lowest BCUT2D eigenvalue weighted by atomic mass is 10.0. The minimum Gasteiger partial charge on any atom is -0.348 e. The Hall–Kier alpha value is -2.51. The van der Waals surface area contributed by atoms with Crippen molar-refractivity contribution in [3.63, 3.8) is 0 Å². The van der Waals surface area contributed by atoms with Crippen molar-refractivity contribution in [2.45, 2.75) is 46.3 Å². The number of carbonyl (C=O) groups excluding carboxylic acids is 1. The van der Waals surface area contributed by atoms with Crippen LogP contribution in [0.15, 0.2) is 29.9 Å². The molecule has 0 radical (unpaired) electrons. The summed E-state index contributed by atoms with van der Waals surface area (Å²) >= 11 is 1.69. The molecule has 0 fully saturated rings. The molecule has 0 atom stereocenters. The molecule has 0 unspecified atom stereocenters. The van der Waals surface area contributed by atoms with Crippen molar-refractivity contribution in [3.05, 3.63) is 68.4 Å². The van der Waals surface area contributed by atoms with Crippen LogP contribution >= 0.6 is 11.3 Å². The minimum absolute atomic E-state index is 0.0102. The first-order chi connectivity index (χ1) is 14.0. The second kappa shape index (κ2) is 8.47. The molecule has 1 N–H and O–H groups in total. The molecule has 152 valence electrons. The average molecular weight is 410 g/mol. The van der Waals surface area contributed by atoms with Crippen LogP contribution in [0.25, 0.3) is 0 Å². The Labute approximate surface area is 175 Å². The highest BCUT2D eigenvalue weighted by Gasteiger charge is 2.24. The maximum absolute atomic E-state index is 12.7. The predicted molar refractivity (Wildman–Crippen MR) is 115 cm³/mol. The fourth-order valence-corrected chi connectivity index (χ4v) is 4.91. The number of nitrogens with zero attached hydrogens (tertiary/aromatic N) is 4. The van der Waals surface area contributed by atoms with Gasteiger partial charge in [0, 0.05) is 61.4 Å². The van der Waals surface area contributed by atoms with Gasteiger partial charge in [-0.2, -0.15) is 5.10 Å². The van der Waals surface area contributed by atoms with Crippen LogP contribution in [0.4, 0.5) is 0 Å². The molecule has 6 nitrogen and oxygen atoms in total. The first kappa shape index (κ1) is 19.8. The quantitative estimate of drug-likeness (QED) is 0.679. The summed E-state index contributed by atoms with van der Waals surface area (Å²) in [6, 6.07) is 4.29. The monoisotopic (exact) mass is 409 g/mol. The number of pyridine rings is 1. The molecule has 3 aromatic heterocycles. The van der Waals surface area contributed by atoms with Crippen molar-refractivity contribution in [1.82, 2.24) is 25.0 Å². The molecule has 29 heavy (non-hydrogen) atoms. The van der Waals surface area contributed by atoms with E-state index in [2.05, 4.69) is 39.4 Å². The van der Waals surface area contributed by atoms with Crippen molar-refractivity contribution in [1.29, 1.82) is 0 Å². The highest BCUT2D eigenvalue weighted by atomic mass is 32.1. The normalized spacial score (nSPS) is 14.0. The highest BCUT2D eigenvalue weighted by molar-refractivity contribution is 7.10. The zero-order valence-electron chi connectivity index (χ0n) is 17.2. The lowest BCUT2D eigenvalue weighted by Crippen LogP contribution is -2.31. The Morgan fingerprint density at radius 2 is 2.21 bits per heavy atom. The van der Waals surface area contributed by atoms with Gasteiger partial charge in [0.25, 0.3) is 5.91 Å².